The predicted octanol–water partition coefficient (Wildman–Crippen LogP) is 2.83. The van der Waals surface area contributed by atoms with Gasteiger partial charge in [0, 0.05) is 18.9 Å². The van der Waals surface area contributed by atoms with Gasteiger partial charge < -0.3 is 14.6 Å². The van der Waals surface area contributed by atoms with Gasteiger partial charge in [-0.1, -0.05) is 6.07 Å². The molecule has 0 aliphatic carbocycles. The lowest BCUT2D eigenvalue weighted by atomic mass is 9.96. The summed E-state index contributed by atoms with van der Waals surface area (Å²) in [6.07, 6.45) is -0.521. The van der Waals surface area contributed by atoms with Gasteiger partial charge in [0.1, 0.15) is 23.2 Å². The number of carbonyl (C=O) groups excluding carboxylic acids is 2. The number of hydrogen-bond acceptors (Lipinski definition) is 6. The zero-order valence-corrected chi connectivity index (χ0v) is 15.0. The molecular weight excluding hydrogens is 340 g/mol. The molecule has 2 aliphatic heterocycles. The van der Waals surface area contributed by atoms with Crippen molar-refractivity contribution >= 4 is 29.6 Å². The number of hydrogen-bond donors (Lipinski definition) is 1. The highest BCUT2D eigenvalue weighted by Crippen LogP contribution is 2.46. The molecule has 26 heavy (non-hydrogen) atoms. The molecule has 1 aromatic carbocycles. The summed E-state index contributed by atoms with van der Waals surface area (Å²) in [4.78, 5) is 40.9. The molecule has 1 amide bonds. The van der Waals surface area contributed by atoms with E-state index in [0.717, 1.165) is 10.5 Å². The first kappa shape index (κ1) is 17.9. The monoisotopic (exact) mass is 360 g/mol. The predicted molar refractivity (Wildman–Crippen MR) is 91.7 cm³/mol. The van der Waals surface area contributed by atoms with E-state index in [-0.39, 0.29) is 12.3 Å². The Morgan fingerprint density at radius 2 is 1.96 bits per heavy atom. The van der Waals surface area contributed by atoms with Crippen LogP contribution in [0.5, 0.6) is 5.75 Å². The number of carbonyl (C=O) groups is 3. The second-order valence-corrected chi connectivity index (χ2v) is 7.28. The van der Waals surface area contributed by atoms with Gasteiger partial charge in [-0.3, -0.25) is 9.69 Å². The summed E-state index contributed by atoms with van der Waals surface area (Å²) in [5.41, 5.74) is 0.599. The lowest BCUT2D eigenvalue weighted by Crippen LogP contribution is -2.45. The molecule has 0 bridgehead atoms. The number of aliphatic imine (C=N–C) groups is 1. The van der Waals surface area contributed by atoms with Crippen LogP contribution < -0.4 is 4.74 Å². The molecule has 0 spiro atoms. The molecule has 1 fully saturated rings. The average molecular weight is 360 g/mol. The van der Waals surface area contributed by atoms with Gasteiger partial charge in [0.05, 0.1) is 5.69 Å². The molecule has 1 N–H and O–H groups in total. The second-order valence-electron chi connectivity index (χ2n) is 7.28. The van der Waals surface area contributed by atoms with Crippen molar-refractivity contribution in [2.45, 2.75) is 51.7 Å². The Kier molecular flexibility index (Phi) is 4.21. The molecule has 2 atom stereocenters. The summed E-state index contributed by atoms with van der Waals surface area (Å²) in [5.74, 6) is -1.17. The third-order valence-corrected chi connectivity index (χ3v) is 4.08. The van der Waals surface area contributed by atoms with E-state index in [9.17, 15) is 19.5 Å². The molecule has 8 nitrogen and oxygen atoms in total. The average Bonchev–Trinajstić information content (AvgIpc) is 2.99. The summed E-state index contributed by atoms with van der Waals surface area (Å²) in [6.45, 7) is 6.44. The van der Waals surface area contributed by atoms with Crippen LogP contribution in [0.3, 0.4) is 0 Å². The summed E-state index contributed by atoms with van der Waals surface area (Å²) in [7, 11) is 0. The number of carboxylic acids is 1. The van der Waals surface area contributed by atoms with Gasteiger partial charge in [-0.05, 0) is 38.8 Å². The Morgan fingerprint density at radius 3 is 2.54 bits per heavy atom. The number of fused-ring (bicyclic) bond motifs is 3. The SMILES string of the molecule is CC(=O)Oc1ccc2c(c1)N=C1C2C[C@@H](C(=O)O)N1C(=O)OC(C)(C)C. The number of amidine groups is 1. The topological polar surface area (TPSA) is 105 Å². The van der Waals surface area contributed by atoms with Crippen molar-refractivity contribution in [1.82, 2.24) is 4.90 Å². The summed E-state index contributed by atoms with van der Waals surface area (Å²) >= 11 is 0. The van der Waals surface area contributed by atoms with E-state index in [2.05, 4.69) is 4.99 Å². The van der Waals surface area contributed by atoms with Crippen LogP contribution in [0, 0.1) is 0 Å². The van der Waals surface area contributed by atoms with Gasteiger partial charge in [-0.15, -0.1) is 0 Å². The van der Waals surface area contributed by atoms with E-state index < -0.39 is 29.7 Å². The highest BCUT2D eigenvalue weighted by molar-refractivity contribution is 6.09. The molecule has 0 radical (unpaired) electrons. The number of nitrogens with zero attached hydrogens (tertiary/aromatic N) is 2. The van der Waals surface area contributed by atoms with Crippen LogP contribution in [0.25, 0.3) is 0 Å². The Bertz CT molecular complexity index is 823. The fraction of sp³-hybridized carbons (Fsp3) is 0.444. The third-order valence-electron chi connectivity index (χ3n) is 4.08. The van der Waals surface area contributed by atoms with Gasteiger partial charge >= 0.3 is 18.0 Å². The molecule has 1 unspecified atom stereocenters. The minimum Gasteiger partial charge on any atom is -0.480 e. The number of likely N-dealkylation sites (tertiary alicyclic amines) is 1. The van der Waals surface area contributed by atoms with Crippen LogP contribution in [0.4, 0.5) is 10.5 Å². The standard InChI is InChI=1S/C18H20N2O6/c1-9(21)25-10-5-6-11-12-8-14(16(22)23)20(15(12)19-13(11)7-10)17(24)26-18(2,3)4/h5-7,12,14H,8H2,1-4H3,(H,22,23)/t12?,14-/m0/s1. The number of benzene rings is 1. The van der Waals surface area contributed by atoms with Crippen molar-refractivity contribution in [1.29, 1.82) is 0 Å². The largest absolute Gasteiger partial charge is 0.480 e. The molecular formula is C18H20N2O6. The van der Waals surface area contributed by atoms with E-state index >= 15 is 0 Å². The molecule has 0 saturated carbocycles. The zero-order chi connectivity index (χ0) is 19.2. The molecule has 2 aliphatic rings. The number of ether oxygens (including phenoxy) is 2. The molecule has 0 aromatic heterocycles. The van der Waals surface area contributed by atoms with Gasteiger partial charge in [-0.25, -0.2) is 14.6 Å². The molecule has 8 heteroatoms. The Hall–Kier alpha value is -2.90. The van der Waals surface area contributed by atoms with E-state index in [1.54, 1.807) is 39.0 Å². The third kappa shape index (κ3) is 3.26. The minimum absolute atomic E-state index is 0.216. The van der Waals surface area contributed by atoms with Gasteiger partial charge in [0.2, 0.25) is 0 Å². The first-order chi connectivity index (χ1) is 12.1. The Labute approximate surface area is 150 Å². The van der Waals surface area contributed by atoms with Gasteiger partial charge in [-0.2, -0.15) is 0 Å². The smallest absolute Gasteiger partial charge is 0.416 e. The molecule has 3 rings (SSSR count). The Balaban J connectivity index is 1.96. The lowest BCUT2D eigenvalue weighted by molar-refractivity contribution is -0.141. The van der Waals surface area contributed by atoms with Crippen LogP contribution in [0.1, 0.15) is 45.6 Å². The molecule has 1 saturated heterocycles. The maximum atomic E-state index is 12.6. The van der Waals surface area contributed by atoms with Crippen LogP contribution in [-0.4, -0.2) is 45.5 Å². The van der Waals surface area contributed by atoms with Crippen molar-refractivity contribution in [3.05, 3.63) is 23.8 Å². The summed E-state index contributed by atoms with van der Waals surface area (Å²) < 4.78 is 10.4. The van der Waals surface area contributed by atoms with Crippen molar-refractivity contribution in [2.24, 2.45) is 4.99 Å². The van der Waals surface area contributed by atoms with E-state index in [1.807, 2.05) is 0 Å². The lowest BCUT2D eigenvalue weighted by Gasteiger charge is -2.26. The highest BCUT2D eigenvalue weighted by Gasteiger charge is 2.49. The van der Waals surface area contributed by atoms with Crippen LogP contribution in [-0.2, 0) is 14.3 Å². The van der Waals surface area contributed by atoms with Crippen molar-refractivity contribution in [3.8, 4) is 5.75 Å². The van der Waals surface area contributed by atoms with E-state index in [1.165, 1.54) is 6.92 Å². The first-order valence-corrected chi connectivity index (χ1v) is 8.23. The second kappa shape index (κ2) is 6.12. The maximum absolute atomic E-state index is 12.6. The fourth-order valence-corrected chi connectivity index (χ4v) is 3.17. The van der Waals surface area contributed by atoms with Crippen molar-refractivity contribution in [2.75, 3.05) is 0 Å². The van der Waals surface area contributed by atoms with Crippen LogP contribution in [0.2, 0.25) is 0 Å². The Morgan fingerprint density at radius 1 is 1.27 bits per heavy atom. The van der Waals surface area contributed by atoms with Crippen molar-refractivity contribution < 1.29 is 29.0 Å². The number of esters is 1. The quantitative estimate of drug-likeness (QED) is 0.642. The van der Waals surface area contributed by atoms with E-state index in [0.29, 0.717) is 17.3 Å². The molecule has 1 aromatic rings. The number of amides is 1. The van der Waals surface area contributed by atoms with Crippen molar-refractivity contribution in [3.63, 3.8) is 0 Å². The maximum Gasteiger partial charge on any atom is 0.416 e. The first-order valence-electron chi connectivity index (χ1n) is 8.23. The van der Waals surface area contributed by atoms with Crippen LogP contribution in [0.15, 0.2) is 23.2 Å². The summed E-state index contributed by atoms with van der Waals surface area (Å²) in [6, 6.07) is 3.94. The fourth-order valence-electron chi connectivity index (χ4n) is 3.17. The summed E-state index contributed by atoms with van der Waals surface area (Å²) in [5, 5.41) is 9.52. The molecule has 2 heterocycles. The number of aliphatic carboxylic acids is 1. The van der Waals surface area contributed by atoms with Gasteiger partial charge in [0.15, 0.2) is 0 Å². The van der Waals surface area contributed by atoms with Gasteiger partial charge in [0.25, 0.3) is 0 Å². The number of carboxylic acid groups (broad SMARTS) is 1. The van der Waals surface area contributed by atoms with Crippen LogP contribution >= 0.6 is 0 Å². The van der Waals surface area contributed by atoms with E-state index in [4.69, 9.17) is 9.47 Å². The normalized spacial score (nSPS) is 20.9. The highest BCUT2D eigenvalue weighted by atomic mass is 16.6. The zero-order valence-electron chi connectivity index (χ0n) is 15.0. The molecule has 138 valence electrons. The minimum atomic E-state index is -1.11. The number of rotatable bonds is 2.